The van der Waals surface area contributed by atoms with E-state index in [4.69, 9.17) is 9.47 Å². The number of anilines is 2. The molecule has 3 aromatic carbocycles. The molecule has 3 aromatic rings. The predicted molar refractivity (Wildman–Crippen MR) is 134 cm³/mol. The van der Waals surface area contributed by atoms with Crippen LogP contribution in [0, 0.1) is 0 Å². The molecule has 0 aromatic heterocycles. The van der Waals surface area contributed by atoms with Crippen LogP contribution in [-0.4, -0.2) is 20.8 Å². The molecule has 0 radical (unpaired) electrons. The standard InChI is InChI=1S/C27H28N2O5S/c1-3-34-27-14-26(19-6-4-5-18(11-19)17(2)30)28-25-10-9-23(13-24(25)27)35(31,32)29-22-8-7-20-15-33-16-21(20)12-22/h4-13,26-29H,3,14-16H2,1-2H3/t26?,27-/m0/s1. The Morgan fingerprint density at radius 1 is 1.09 bits per heavy atom. The third-order valence-electron chi connectivity index (χ3n) is 6.50. The van der Waals surface area contributed by atoms with Crippen LogP contribution in [0.1, 0.15) is 65.0 Å². The highest BCUT2D eigenvalue weighted by Crippen LogP contribution is 2.42. The van der Waals surface area contributed by atoms with Gasteiger partial charge in [-0.05, 0) is 66.9 Å². The molecular weight excluding hydrogens is 464 g/mol. The van der Waals surface area contributed by atoms with E-state index < -0.39 is 10.0 Å². The number of sulfonamides is 1. The SMILES string of the molecule is CCO[C@H]1CC(c2cccc(C(C)=O)c2)Nc2ccc(S(=O)(=O)Nc3ccc4c(c3)COC4)cc21. The molecule has 2 heterocycles. The molecule has 2 aliphatic heterocycles. The topological polar surface area (TPSA) is 93.7 Å². The fourth-order valence-corrected chi connectivity index (χ4v) is 5.78. The van der Waals surface area contributed by atoms with Crippen molar-refractivity contribution in [2.45, 2.75) is 50.5 Å². The number of carbonyl (C=O) groups excluding carboxylic acids is 1. The van der Waals surface area contributed by atoms with Gasteiger partial charge in [-0.15, -0.1) is 0 Å². The number of fused-ring (bicyclic) bond motifs is 2. The van der Waals surface area contributed by atoms with Gasteiger partial charge in [0.2, 0.25) is 0 Å². The lowest BCUT2D eigenvalue weighted by Gasteiger charge is -2.33. The van der Waals surface area contributed by atoms with Crippen molar-refractivity contribution in [1.82, 2.24) is 0 Å². The Morgan fingerprint density at radius 3 is 2.71 bits per heavy atom. The summed E-state index contributed by atoms with van der Waals surface area (Å²) in [5, 5.41) is 3.50. The molecule has 0 spiro atoms. The Bertz CT molecular complexity index is 1390. The monoisotopic (exact) mass is 492 g/mol. The summed E-state index contributed by atoms with van der Waals surface area (Å²) in [7, 11) is -3.80. The number of benzene rings is 3. The van der Waals surface area contributed by atoms with Gasteiger partial charge in [0.05, 0.1) is 30.3 Å². The summed E-state index contributed by atoms with van der Waals surface area (Å²) in [5.74, 6) is 0.0164. The van der Waals surface area contributed by atoms with E-state index in [0.29, 0.717) is 37.5 Å². The molecule has 0 saturated heterocycles. The fourth-order valence-electron chi connectivity index (χ4n) is 4.70. The van der Waals surface area contributed by atoms with Crippen LogP contribution in [0.3, 0.4) is 0 Å². The average molecular weight is 493 g/mol. The van der Waals surface area contributed by atoms with E-state index in [9.17, 15) is 13.2 Å². The fraction of sp³-hybridized carbons (Fsp3) is 0.296. The van der Waals surface area contributed by atoms with Crippen LogP contribution in [0.4, 0.5) is 11.4 Å². The van der Waals surface area contributed by atoms with E-state index in [2.05, 4.69) is 10.0 Å². The summed E-state index contributed by atoms with van der Waals surface area (Å²) >= 11 is 0. The van der Waals surface area contributed by atoms with E-state index in [0.717, 1.165) is 27.9 Å². The number of ether oxygens (including phenoxy) is 2. The molecule has 0 aliphatic carbocycles. The highest BCUT2D eigenvalue weighted by molar-refractivity contribution is 7.92. The first-order chi connectivity index (χ1) is 16.8. The minimum Gasteiger partial charge on any atom is -0.378 e. The van der Waals surface area contributed by atoms with Gasteiger partial charge < -0.3 is 14.8 Å². The van der Waals surface area contributed by atoms with Crippen LogP contribution in [0.2, 0.25) is 0 Å². The molecule has 7 nitrogen and oxygen atoms in total. The second kappa shape index (κ2) is 9.45. The molecule has 8 heteroatoms. The van der Waals surface area contributed by atoms with E-state index in [1.54, 1.807) is 37.3 Å². The van der Waals surface area contributed by atoms with Crippen molar-refractivity contribution in [2.75, 3.05) is 16.6 Å². The number of hydrogen-bond donors (Lipinski definition) is 2. The molecule has 0 amide bonds. The Morgan fingerprint density at radius 2 is 1.91 bits per heavy atom. The second-order valence-electron chi connectivity index (χ2n) is 8.89. The van der Waals surface area contributed by atoms with Crippen molar-refractivity contribution in [2.24, 2.45) is 0 Å². The molecule has 2 atom stereocenters. The normalized spacial score (nSPS) is 18.9. The van der Waals surface area contributed by atoms with Crippen LogP contribution in [0.25, 0.3) is 0 Å². The molecule has 35 heavy (non-hydrogen) atoms. The van der Waals surface area contributed by atoms with Crippen LogP contribution in [-0.2, 0) is 32.7 Å². The van der Waals surface area contributed by atoms with Gasteiger partial charge in [0.25, 0.3) is 10.0 Å². The summed E-state index contributed by atoms with van der Waals surface area (Å²) < 4.78 is 40.6. The maximum Gasteiger partial charge on any atom is 0.261 e. The lowest BCUT2D eigenvalue weighted by Crippen LogP contribution is -2.24. The molecule has 0 saturated carbocycles. The van der Waals surface area contributed by atoms with Crippen molar-refractivity contribution in [3.63, 3.8) is 0 Å². The number of rotatable bonds is 7. The molecule has 2 aliphatic rings. The van der Waals surface area contributed by atoms with Crippen molar-refractivity contribution in [3.05, 3.63) is 88.5 Å². The maximum absolute atomic E-state index is 13.2. The zero-order chi connectivity index (χ0) is 24.6. The summed E-state index contributed by atoms with van der Waals surface area (Å²) in [6.07, 6.45) is 0.332. The van der Waals surface area contributed by atoms with E-state index in [-0.39, 0.29) is 22.8 Å². The number of carbonyl (C=O) groups is 1. The van der Waals surface area contributed by atoms with Gasteiger partial charge in [0.15, 0.2) is 5.78 Å². The lowest BCUT2D eigenvalue weighted by atomic mass is 9.90. The molecule has 0 fully saturated rings. The first kappa shape index (κ1) is 23.5. The van der Waals surface area contributed by atoms with Gasteiger partial charge in [0.1, 0.15) is 0 Å². The third kappa shape index (κ3) is 4.82. The highest BCUT2D eigenvalue weighted by atomic mass is 32.2. The van der Waals surface area contributed by atoms with Gasteiger partial charge >= 0.3 is 0 Å². The highest BCUT2D eigenvalue weighted by Gasteiger charge is 2.30. The first-order valence-electron chi connectivity index (χ1n) is 11.7. The molecular formula is C27H28N2O5S. The Kier molecular flexibility index (Phi) is 6.35. The quantitative estimate of drug-likeness (QED) is 0.432. The van der Waals surface area contributed by atoms with Gasteiger partial charge in [-0.1, -0.05) is 24.3 Å². The van der Waals surface area contributed by atoms with Gasteiger partial charge in [-0.25, -0.2) is 8.42 Å². The third-order valence-corrected chi connectivity index (χ3v) is 7.88. The molecule has 5 rings (SSSR count). The maximum atomic E-state index is 13.2. The van der Waals surface area contributed by atoms with Crippen LogP contribution in [0.15, 0.2) is 65.6 Å². The number of Topliss-reactive ketones (excluding diaryl/α,β-unsaturated/α-hetero) is 1. The predicted octanol–water partition coefficient (Wildman–Crippen LogP) is 5.35. The summed E-state index contributed by atoms with van der Waals surface area (Å²) in [5.41, 5.74) is 5.86. The summed E-state index contributed by atoms with van der Waals surface area (Å²) in [6, 6.07) is 18.1. The van der Waals surface area contributed by atoms with E-state index >= 15 is 0 Å². The summed E-state index contributed by atoms with van der Waals surface area (Å²) in [4.78, 5) is 12.0. The minimum atomic E-state index is -3.80. The van der Waals surface area contributed by atoms with E-state index in [1.165, 1.54) is 0 Å². The van der Waals surface area contributed by atoms with E-state index in [1.807, 2.05) is 37.3 Å². The number of hydrogen-bond acceptors (Lipinski definition) is 6. The van der Waals surface area contributed by atoms with Crippen LogP contribution >= 0.6 is 0 Å². The molecule has 182 valence electrons. The number of nitrogens with one attached hydrogen (secondary N) is 2. The second-order valence-corrected chi connectivity index (χ2v) is 10.6. The molecule has 0 bridgehead atoms. The average Bonchev–Trinajstić information content (AvgIpc) is 3.31. The Hall–Kier alpha value is -3.20. The van der Waals surface area contributed by atoms with Crippen molar-refractivity contribution < 1.29 is 22.7 Å². The lowest BCUT2D eigenvalue weighted by molar-refractivity contribution is 0.0497. The van der Waals surface area contributed by atoms with Crippen molar-refractivity contribution >= 4 is 27.2 Å². The largest absolute Gasteiger partial charge is 0.378 e. The molecule has 2 N–H and O–H groups in total. The van der Waals surface area contributed by atoms with Gasteiger partial charge in [-0.3, -0.25) is 9.52 Å². The zero-order valence-electron chi connectivity index (χ0n) is 19.7. The zero-order valence-corrected chi connectivity index (χ0v) is 20.5. The first-order valence-corrected chi connectivity index (χ1v) is 13.2. The number of ketones is 1. The van der Waals surface area contributed by atoms with Crippen molar-refractivity contribution in [3.8, 4) is 0 Å². The van der Waals surface area contributed by atoms with Gasteiger partial charge in [0, 0.05) is 35.5 Å². The van der Waals surface area contributed by atoms with Crippen molar-refractivity contribution in [1.29, 1.82) is 0 Å². The van der Waals surface area contributed by atoms with Gasteiger partial charge in [-0.2, -0.15) is 0 Å². The smallest absolute Gasteiger partial charge is 0.261 e. The summed E-state index contributed by atoms with van der Waals surface area (Å²) in [6.45, 7) is 5.02. The minimum absolute atomic E-state index is 0.0164. The Balaban J connectivity index is 1.43. The van der Waals surface area contributed by atoms with Crippen LogP contribution < -0.4 is 10.0 Å². The molecule has 1 unspecified atom stereocenters. The van der Waals surface area contributed by atoms with Crippen LogP contribution in [0.5, 0.6) is 0 Å². The Labute approximate surface area is 205 Å².